The highest BCUT2D eigenvalue weighted by Crippen LogP contribution is 2.20. The van der Waals surface area contributed by atoms with E-state index in [2.05, 4.69) is 4.72 Å². The van der Waals surface area contributed by atoms with E-state index in [1.807, 2.05) is 6.07 Å². The van der Waals surface area contributed by atoms with Crippen LogP contribution in [0.5, 0.6) is 0 Å². The molecule has 1 saturated heterocycles. The summed E-state index contributed by atoms with van der Waals surface area (Å²) < 4.78 is 27.5. The molecule has 2 amide bonds. The van der Waals surface area contributed by atoms with Crippen molar-refractivity contribution in [2.45, 2.75) is 4.90 Å². The van der Waals surface area contributed by atoms with Gasteiger partial charge in [0.25, 0.3) is 15.9 Å². The normalized spacial score (nSPS) is 14.2. The number of nitrogens with one attached hydrogen (secondary N) is 1. The van der Waals surface area contributed by atoms with Crippen LogP contribution in [0.25, 0.3) is 0 Å². The molecule has 9 heteroatoms. The fourth-order valence-corrected chi connectivity index (χ4v) is 3.94. The highest BCUT2D eigenvalue weighted by Gasteiger charge is 2.22. The molecule has 1 aliphatic heterocycles. The van der Waals surface area contributed by atoms with Crippen molar-refractivity contribution in [3.05, 3.63) is 59.7 Å². The molecule has 1 heterocycles. The molecule has 28 heavy (non-hydrogen) atoms. The van der Waals surface area contributed by atoms with E-state index in [1.54, 1.807) is 21.9 Å². The Bertz CT molecular complexity index is 1020. The largest absolute Gasteiger partial charge is 0.342 e. The number of carbonyl (C=O) groups excluding carboxylic acids is 2. The number of sulfonamides is 1. The van der Waals surface area contributed by atoms with Gasteiger partial charge in [0.05, 0.1) is 16.1 Å². The standard InChI is InChI=1S/C19H18N4O4S/c20-13-16-3-1-2-4-18(16)21-28(26,27)17-7-5-15(6-8-17)19(25)23-11-9-22(14-24)10-12-23/h1-8,14,21H,9-12H2. The first kappa shape index (κ1) is 19.4. The Morgan fingerprint density at radius 3 is 2.29 bits per heavy atom. The molecule has 0 spiro atoms. The van der Waals surface area contributed by atoms with Gasteiger partial charge in [0.1, 0.15) is 6.07 Å². The third-order valence-corrected chi connectivity index (χ3v) is 5.84. The van der Waals surface area contributed by atoms with Crippen molar-refractivity contribution in [3.63, 3.8) is 0 Å². The predicted molar refractivity (Wildman–Crippen MR) is 102 cm³/mol. The van der Waals surface area contributed by atoms with Crippen LogP contribution in [0.1, 0.15) is 15.9 Å². The highest BCUT2D eigenvalue weighted by atomic mass is 32.2. The van der Waals surface area contributed by atoms with Gasteiger partial charge in [-0.2, -0.15) is 5.26 Å². The van der Waals surface area contributed by atoms with Gasteiger partial charge < -0.3 is 9.80 Å². The topological polar surface area (TPSA) is 111 Å². The molecule has 8 nitrogen and oxygen atoms in total. The average molecular weight is 398 g/mol. The third-order valence-electron chi connectivity index (χ3n) is 4.45. The fraction of sp³-hybridized carbons (Fsp3) is 0.211. The lowest BCUT2D eigenvalue weighted by molar-refractivity contribution is -0.119. The summed E-state index contributed by atoms with van der Waals surface area (Å²) >= 11 is 0. The molecule has 0 unspecified atom stereocenters. The van der Waals surface area contributed by atoms with Crippen LogP contribution >= 0.6 is 0 Å². The summed E-state index contributed by atoms with van der Waals surface area (Å²) in [5.74, 6) is -0.211. The Morgan fingerprint density at radius 2 is 1.68 bits per heavy atom. The SMILES string of the molecule is N#Cc1ccccc1NS(=O)(=O)c1ccc(C(=O)N2CCN(C=O)CC2)cc1. The Kier molecular flexibility index (Phi) is 5.61. The van der Waals surface area contributed by atoms with Gasteiger partial charge >= 0.3 is 0 Å². The van der Waals surface area contributed by atoms with Crippen LogP contribution in [0.2, 0.25) is 0 Å². The molecule has 1 aliphatic rings. The number of carbonyl (C=O) groups is 2. The van der Waals surface area contributed by atoms with E-state index in [4.69, 9.17) is 5.26 Å². The summed E-state index contributed by atoms with van der Waals surface area (Å²) in [6.45, 7) is 1.82. The van der Waals surface area contributed by atoms with Crippen LogP contribution in [0.4, 0.5) is 5.69 Å². The van der Waals surface area contributed by atoms with Crippen LogP contribution in [-0.4, -0.2) is 56.7 Å². The lowest BCUT2D eigenvalue weighted by Gasteiger charge is -2.32. The minimum absolute atomic E-state index is 0.0115. The van der Waals surface area contributed by atoms with Crippen LogP contribution in [0.3, 0.4) is 0 Å². The van der Waals surface area contributed by atoms with Gasteiger partial charge in [0.15, 0.2) is 0 Å². The number of benzene rings is 2. The van der Waals surface area contributed by atoms with E-state index in [0.29, 0.717) is 31.7 Å². The van der Waals surface area contributed by atoms with E-state index < -0.39 is 10.0 Å². The van der Waals surface area contributed by atoms with Gasteiger partial charge in [0, 0.05) is 31.7 Å². The molecule has 144 valence electrons. The van der Waals surface area contributed by atoms with Crippen molar-refractivity contribution < 1.29 is 18.0 Å². The minimum Gasteiger partial charge on any atom is -0.342 e. The summed E-state index contributed by atoms with van der Waals surface area (Å²) in [5, 5.41) is 9.09. The van der Waals surface area contributed by atoms with E-state index in [9.17, 15) is 18.0 Å². The lowest BCUT2D eigenvalue weighted by Crippen LogP contribution is -2.48. The molecule has 0 aliphatic carbocycles. The van der Waals surface area contributed by atoms with Crippen molar-refractivity contribution in [3.8, 4) is 6.07 Å². The Labute approximate surface area is 163 Å². The minimum atomic E-state index is -3.90. The molecule has 0 aromatic heterocycles. The average Bonchev–Trinajstić information content (AvgIpc) is 2.73. The zero-order chi connectivity index (χ0) is 20.1. The maximum atomic E-state index is 12.6. The van der Waals surface area contributed by atoms with Crippen LogP contribution in [0.15, 0.2) is 53.4 Å². The number of rotatable bonds is 5. The molecule has 1 N–H and O–H groups in total. The van der Waals surface area contributed by atoms with Crippen LogP contribution in [0, 0.1) is 11.3 Å². The van der Waals surface area contributed by atoms with Crippen molar-refractivity contribution in [1.29, 1.82) is 5.26 Å². The number of nitriles is 1. The Balaban J connectivity index is 1.74. The molecule has 1 fully saturated rings. The lowest BCUT2D eigenvalue weighted by atomic mass is 10.2. The summed E-state index contributed by atoms with van der Waals surface area (Å²) in [6.07, 6.45) is 0.763. The van der Waals surface area contributed by atoms with Crippen molar-refractivity contribution in [1.82, 2.24) is 9.80 Å². The van der Waals surface area contributed by atoms with E-state index in [0.717, 1.165) is 6.41 Å². The van der Waals surface area contributed by atoms with E-state index in [-0.39, 0.29) is 22.1 Å². The molecule has 0 bridgehead atoms. The van der Waals surface area contributed by atoms with Crippen molar-refractivity contribution in [2.24, 2.45) is 0 Å². The summed E-state index contributed by atoms with van der Waals surface area (Å²) in [7, 11) is -3.90. The number of piperazine rings is 1. The molecule has 2 aromatic rings. The van der Waals surface area contributed by atoms with Gasteiger partial charge in [0.2, 0.25) is 6.41 Å². The second kappa shape index (κ2) is 8.10. The summed E-state index contributed by atoms with van der Waals surface area (Å²) in [5.41, 5.74) is 0.779. The number of hydrogen-bond donors (Lipinski definition) is 1. The maximum absolute atomic E-state index is 12.6. The molecule has 0 saturated carbocycles. The van der Waals surface area contributed by atoms with Crippen molar-refractivity contribution >= 4 is 28.0 Å². The zero-order valence-electron chi connectivity index (χ0n) is 14.9. The molecule has 0 atom stereocenters. The van der Waals surface area contributed by atoms with E-state index in [1.165, 1.54) is 36.4 Å². The first-order valence-corrected chi connectivity index (χ1v) is 10.0. The second-order valence-corrected chi connectivity index (χ2v) is 7.90. The fourth-order valence-electron chi connectivity index (χ4n) is 2.86. The van der Waals surface area contributed by atoms with Gasteiger partial charge in [-0.1, -0.05) is 12.1 Å². The Morgan fingerprint density at radius 1 is 1.04 bits per heavy atom. The molecular formula is C19H18N4O4S. The number of nitrogens with zero attached hydrogens (tertiary/aromatic N) is 3. The third kappa shape index (κ3) is 4.13. The summed E-state index contributed by atoms with van der Waals surface area (Å²) in [6, 6.07) is 13.9. The molecule has 0 radical (unpaired) electrons. The Hall–Kier alpha value is -3.38. The maximum Gasteiger partial charge on any atom is 0.261 e. The smallest absolute Gasteiger partial charge is 0.261 e. The van der Waals surface area contributed by atoms with Gasteiger partial charge in [-0.15, -0.1) is 0 Å². The number of amides is 2. The molecule has 2 aromatic carbocycles. The monoisotopic (exact) mass is 398 g/mol. The molecule has 3 rings (SSSR count). The highest BCUT2D eigenvalue weighted by molar-refractivity contribution is 7.92. The van der Waals surface area contributed by atoms with Crippen molar-refractivity contribution in [2.75, 3.05) is 30.9 Å². The first-order valence-electron chi connectivity index (χ1n) is 8.55. The number of hydrogen-bond acceptors (Lipinski definition) is 5. The predicted octanol–water partition coefficient (Wildman–Crippen LogP) is 1.27. The van der Waals surface area contributed by atoms with Gasteiger partial charge in [-0.05, 0) is 36.4 Å². The number of para-hydroxylation sites is 1. The van der Waals surface area contributed by atoms with E-state index >= 15 is 0 Å². The van der Waals surface area contributed by atoms with Gasteiger partial charge in [-0.25, -0.2) is 8.42 Å². The first-order chi connectivity index (χ1) is 13.4. The molecular weight excluding hydrogens is 380 g/mol. The quantitative estimate of drug-likeness (QED) is 0.763. The number of anilines is 1. The summed E-state index contributed by atoms with van der Waals surface area (Å²) in [4.78, 5) is 26.5. The zero-order valence-corrected chi connectivity index (χ0v) is 15.7. The van der Waals surface area contributed by atoms with Gasteiger partial charge in [-0.3, -0.25) is 14.3 Å². The van der Waals surface area contributed by atoms with Crippen LogP contribution in [-0.2, 0) is 14.8 Å². The second-order valence-electron chi connectivity index (χ2n) is 6.22. The van der Waals surface area contributed by atoms with Crippen LogP contribution < -0.4 is 4.72 Å².